The van der Waals surface area contributed by atoms with Crippen molar-refractivity contribution in [2.24, 2.45) is 0 Å². The summed E-state index contributed by atoms with van der Waals surface area (Å²) in [5.74, 6) is 0. The first-order chi connectivity index (χ1) is 6.58. The van der Waals surface area contributed by atoms with Gasteiger partial charge in [0.1, 0.15) is 0 Å². The summed E-state index contributed by atoms with van der Waals surface area (Å²) in [6.07, 6.45) is 2.49. The monoisotopic (exact) mass is 215 g/mol. The summed E-state index contributed by atoms with van der Waals surface area (Å²) in [5, 5.41) is 7.36. The summed E-state index contributed by atoms with van der Waals surface area (Å²) in [6, 6.07) is 0.934. The topological polar surface area (TPSA) is 27.3 Å². The van der Waals surface area contributed by atoms with Gasteiger partial charge in [0.2, 0.25) is 0 Å². The fourth-order valence-corrected chi connectivity index (χ4v) is 2.18. The highest BCUT2D eigenvalue weighted by Crippen LogP contribution is 2.07. The third kappa shape index (κ3) is 4.24. The molecule has 0 aromatic heterocycles. The Morgan fingerprint density at radius 1 is 1.50 bits per heavy atom. The molecule has 1 aliphatic heterocycles. The van der Waals surface area contributed by atoms with Crippen molar-refractivity contribution in [2.45, 2.75) is 38.8 Å². The molecule has 0 saturated carbocycles. The average molecular weight is 215 g/mol. The molecule has 1 saturated heterocycles. The lowest BCUT2D eigenvalue weighted by molar-refractivity contribution is 0.240. The number of likely N-dealkylation sites (tertiary alicyclic amines) is 1. The summed E-state index contributed by atoms with van der Waals surface area (Å²) in [7, 11) is 2.16. The van der Waals surface area contributed by atoms with Crippen molar-refractivity contribution in [2.75, 3.05) is 20.1 Å². The Morgan fingerprint density at radius 3 is 2.79 bits per heavy atom. The molecule has 0 aromatic carbocycles. The average Bonchev–Trinajstić information content (AvgIpc) is 2.01. The number of hydrogen-bond acceptors (Lipinski definition) is 2. The molecule has 14 heavy (non-hydrogen) atoms. The smallest absolute Gasteiger partial charge is 0.166 e. The van der Waals surface area contributed by atoms with E-state index in [-0.39, 0.29) is 0 Å². The summed E-state index contributed by atoms with van der Waals surface area (Å²) in [5.41, 5.74) is 0. The third-order valence-corrected chi connectivity index (χ3v) is 2.62. The Hall–Kier alpha value is -0.350. The van der Waals surface area contributed by atoms with Gasteiger partial charge in [-0.25, -0.2) is 0 Å². The molecule has 2 N–H and O–H groups in total. The molecule has 0 aliphatic carbocycles. The van der Waals surface area contributed by atoms with Crippen LogP contribution in [-0.4, -0.2) is 42.2 Å². The van der Waals surface area contributed by atoms with Gasteiger partial charge in [-0.3, -0.25) is 0 Å². The van der Waals surface area contributed by atoms with Gasteiger partial charge in [-0.2, -0.15) is 0 Å². The molecule has 0 bridgehead atoms. The molecular weight excluding hydrogens is 194 g/mol. The van der Waals surface area contributed by atoms with Gasteiger partial charge in [-0.1, -0.05) is 0 Å². The number of thiocarbonyl (C=S) groups is 1. The number of hydrogen-bond donors (Lipinski definition) is 2. The SMILES string of the molecule is CC(C)NC(=S)NC1CCCN(C)C1. The van der Waals surface area contributed by atoms with Crippen molar-refractivity contribution < 1.29 is 0 Å². The maximum Gasteiger partial charge on any atom is 0.166 e. The van der Waals surface area contributed by atoms with Crippen LogP contribution in [0.4, 0.5) is 0 Å². The zero-order chi connectivity index (χ0) is 10.6. The van der Waals surface area contributed by atoms with Crippen LogP contribution in [0.3, 0.4) is 0 Å². The molecule has 1 unspecified atom stereocenters. The molecule has 3 nitrogen and oxygen atoms in total. The second-order valence-corrected chi connectivity index (χ2v) is 4.78. The van der Waals surface area contributed by atoms with Crippen LogP contribution < -0.4 is 10.6 Å². The number of nitrogens with one attached hydrogen (secondary N) is 2. The van der Waals surface area contributed by atoms with Crippen LogP contribution in [0.5, 0.6) is 0 Å². The predicted octanol–water partition coefficient (Wildman–Crippen LogP) is 0.953. The number of nitrogens with zero attached hydrogens (tertiary/aromatic N) is 1. The molecule has 1 rings (SSSR count). The van der Waals surface area contributed by atoms with E-state index in [1.807, 2.05) is 0 Å². The van der Waals surface area contributed by atoms with Gasteiger partial charge >= 0.3 is 0 Å². The molecule has 1 atom stereocenters. The highest BCUT2D eigenvalue weighted by Gasteiger charge is 2.17. The lowest BCUT2D eigenvalue weighted by atomic mass is 10.1. The highest BCUT2D eigenvalue weighted by atomic mass is 32.1. The minimum Gasteiger partial charge on any atom is -0.361 e. The van der Waals surface area contributed by atoms with Gasteiger partial charge in [0.25, 0.3) is 0 Å². The minimum absolute atomic E-state index is 0.413. The number of piperidine rings is 1. The largest absolute Gasteiger partial charge is 0.361 e. The molecule has 0 spiro atoms. The van der Waals surface area contributed by atoms with E-state index in [1.54, 1.807) is 0 Å². The molecule has 82 valence electrons. The summed E-state index contributed by atoms with van der Waals surface area (Å²) < 4.78 is 0. The van der Waals surface area contributed by atoms with Crippen molar-refractivity contribution in [1.29, 1.82) is 0 Å². The van der Waals surface area contributed by atoms with Crippen molar-refractivity contribution in [3.05, 3.63) is 0 Å². The van der Waals surface area contributed by atoms with Crippen molar-refractivity contribution in [3.63, 3.8) is 0 Å². The van der Waals surface area contributed by atoms with E-state index >= 15 is 0 Å². The van der Waals surface area contributed by atoms with E-state index < -0.39 is 0 Å². The molecule has 1 fully saturated rings. The molecule has 1 heterocycles. The highest BCUT2D eigenvalue weighted by molar-refractivity contribution is 7.80. The van der Waals surface area contributed by atoms with Crippen LogP contribution in [0, 0.1) is 0 Å². The van der Waals surface area contributed by atoms with Crippen molar-refractivity contribution in [1.82, 2.24) is 15.5 Å². The van der Waals surface area contributed by atoms with E-state index in [2.05, 4.69) is 36.4 Å². The minimum atomic E-state index is 0.413. The first kappa shape index (κ1) is 11.7. The second-order valence-electron chi connectivity index (χ2n) is 4.37. The fraction of sp³-hybridized carbons (Fsp3) is 0.900. The predicted molar refractivity (Wildman–Crippen MR) is 64.5 cm³/mol. The normalized spacial score (nSPS) is 23.6. The summed E-state index contributed by atoms with van der Waals surface area (Å²) >= 11 is 5.21. The molecule has 0 amide bonds. The Balaban J connectivity index is 2.25. The third-order valence-electron chi connectivity index (χ3n) is 2.38. The number of likely N-dealkylation sites (N-methyl/N-ethyl adjacent to an activating group) is 1. The van der Waals surface area contributed by atoms with Gasteiger partial charge in [0.15, 0.2) is 5.11 Å². The Kier molecular flexibility index (Phi) is 4.62. The van der Waals surface area contributed by atoms with E-state index in [1.165, 1.54) is 19.4 Å². The molecule has 4 heteroatoms. The van der Waals surface area contributed by atoms with Crippen molar-refractivity contribution >= 4 is 17.3 Å². The Morgan fingerprint density at radius 2 is 2.21 bits per heavy atom. The van der Waals surface area contributed by atoms with Gasteiger partial charge in [0, 0.05) is 18.6 Å². The van der Waals surface area contributed by atoms with E-state index in [9.17, 15) is 0 Å². The van der Waals surface area contributed by atoms with Gasteiger partial charge in [0.05, 0.1) is 0 Å². The van der Waals surface area contributed by atoms with Crippen LogP contribution in [0.25, 0.3) is 0 Å². The summed E-state index contributed by atoms with van der Waals surface area (Å²) in [6.45, 7) is 6.50. The Bertz CT molecular complexity index is 194. The first-order valence-electron chi connectivity index (χ1n) is 5.33. The van der Waals surface area contributed by atoms with Crippen LogP contribution in [0.2, 0.25) is 0 Å². The quantitative estimate of drug-likeness (QED) is 0.671. The van der Waals surface area contributed by atoms with Crippen molar-refractivity contribution in [3.8, 4) is 0 Å². The molecule has 0 aromatic rings. The molecule has 1 aliphatic rings. The lowest BCUT2D eigenvalue weighted by Crippen LogP contribution is -2.50. The maximum atomic E-state index is 5.21. The molecule has 0 radical (unpaired) electrons. The Labute approximate surface area is 92.2 Å². The zero-order valence-corrected chi connectivity index (χ0v) is 10.2. The fourth-order valence-electron chi connectivity index (χ4n) is 1.77. The van der Waals surface area contributed by atoms with Crippen LogP contribution in [-0.2, 0) is 0 Å². The first-order valence-corrected chi connectivity index (χ1v) is 5.74. The number of rotatable bonds is 2. The van der Waals surface area contributed by atoms with Gasteiger partial charge in [-0.05, 0) is 52.5 Å². The van der Waals surface area contributed by atoms with Crippen LogP contribution >= 0.6 is 12.2 Å². The van der Waals surface area contributed by atoms with Crippen LogP contribution in [0.1, 0.15) is 26.7 Å². The summed E-state index contributed by atoms with van der Waals surface area (Å²) in [4.78, 5) is 2.35. The van der Waals surface area contributed by atoms with E-state index in [0.717, 1.165) is 11.7 Å². The lowest BCUT2D eigenvalue weighted by Gasteiger charge is -2.31. The van der Waals surface area contributed by atoms with Gasteiger partial charge < -0.3 is 15.5 Å². The van der Waals surface area contributed by atoms with E-state index in [4.69, 9.17) is 12.2 Å². The van der Waals surface area contributed by atoms with Gasteiger partial charge in [-0.15, -0.1) is 0 Å². The van der Waals surface area contributed by atoms with Crippen LogP contribution in [0.15, 0.2) is 0 Å². The maximum absolute atomic E-state index is 5.21. The standard InChI is InChI=1S/C10H21N3S/c1-8(2)11-10(14)12-9-5-4-6-13(3)7-9/h8-9H,4-7H2,1-3H3,(H2,11,12,14). The van der Waals surface area contributed by atoms with E-state index in [0.29, 0.717) is 12.1 Å². The molecular formula is C10H21N3S. The zero-order valence-electron chi connectivity index (χ0n) is 9.34. The second kappa shape index (κ2) is 5.51.